The summed E-state index contributed by atoms with van der Waals surface area (Å²) in [7, 11) is 0. The number of nitrogens with two attached hydrogens (primary N) is 1. The van der Waals surface area contributed by atoms with Crippen LogP contribution in [0.25, 0.3) is 0 Å². The molecule has 0 aliphatic carbocycles. The van der Waals surface area contributed by atoms with Crippen molar-refractivity contribution in [2.45, 2.75) is 20.3 Å². The number of nitrogens with one attached hydrogen (secondary N) is 1. The maximum atomic E-state index is 12.7. The smallest absolute Gasteiger partial charge is 0.271 e. The van der Waals surface area contributed by atoms with Gasteiger partial charge in [-0.2, -0.15) is 0 Å². The molecular formula is C21H28N6O2. The molecule has 0 spiro atoms. The number of aromatic nitrogens is 2. The van der Waals surface area contributed by atoms with Crippen molar-refractivity contribution in [2.75, 3.05) is 43.4 Å². The molecule has 1 saturated heterocycles. The second-order valence-electron chi connectivity index (χ2n) is 7.58. The highest BCUT2D eigenvalue weighted by Gasteiger charge is 2.24. The number of benzene rings is 1. The third kappa shape index (κ3) is 5.22. The van der Waals surface area contributed by atoms with Crippen molar-refractivity contribution in [3.63, 3.8) is 0 Å². The van der Waals surface area contributed by atoms with Gasteiger partial charge >= 0.3 is 0 Å². The molecular weight excluding hydrogens is 368 g/mol. The minimum absolute atomic E-state index is 0.0535. The lowest BCUT2D eigenvalue weighted by Crippen LogP contribution is -2.49. The van der Waals surface area contributed by atoms with Crippen LogP contribution in [-0.2, 0) is 0 Å². The Hall–Kier alpha value is -3.16. The molecule has 0 bridgehead atoms. The van der Waals surface area contributed by atoms with E-state index in [2.05, 4.69) is 34.3 Å². The molecule has 1 aliphatic heterocycles. The van der Waals surface area contributed by atoms with E-state index in [1.54, 1.807) is 29.2 Å². The SMILES string of the molecule is CC(C)CCNC(=O)c1ccc(N2CCN(C(=O)c3ccccc3N)CC2)nn1. The van der Waals surface area contributed by atoms with Gasteiger partial charge in [0.15, 0.2) is 11.5 Å². The van der Waals surface area contributed by atoms with E-state index in [0.29, 0.717) is 61.4 Å². The van der Waals surface area contributed by atoms with Gasteiger partial charge in [0.1, 0.15) is 0 Å². The molecule has 8 heteroatoms. The summed E-state index contributed by atoms with van der Waals surface area (Å²) in [6.07, 6.45) is 0.925. The van der Waals surface area contributed by atoms with E-state index in [9.17, 15) is 9.59 Å². The molecule has 8 nitrogen and oxygen atoms in total. The summed E-state index contributed by atoms with van der Waals surface area (Å²) in [5.41, 5.74) is 7.26. The zero-order valence-corrected chi connectivity index (χ0v) is 17.0. The van der Waals surface area contributed by atoms with Gasteiger partial charge in [0.25, 0.3) is 11.8 Å². The normalized spacial score (nSPS) is 14.2. The van der Waals surface area contributed by atoms with Crippen LogP contribution in [0.1, 0.15) is 41.1 Å². The summed E-state index contributed by atoms with van der Waals surface area (Å²) in [6, 6.07) is 10.6. The van der Waals surface area contributed by atoms with Gasteiger partial charge in [-0.25, -0.2) is 0 Å². The maximum Gasteiger partial charge on any atom is 0.271 e. The molecule has 0 atom stereocenters. The number of para-hydroxylation sites is 1. The van der Waals surface area contributed by atoms with Gasteiger partial charge in [0, 0.05) is 38.4 Å². The van der Waals surface area contributed by atoms with Gasteiger partial charge in [-0.3, -0.25) is 9.59 Å². The summed E-state index contributed by atoms with van der Waals surface area (Å²) in [5.74, 6) is 0.977. The number of rotatable bonds is 6. The highest BCUT2D eigenvalue weighted by molar-refractivity contribution is 5.99. The molecule has 154 valence electrons. The molecule has 1 aliphatic rings. The number of carbonyl (C=O) groups is 2. The maximum absolute atomic E-state index is 12.7. The highest BCUT2D eigenvalue weighted by atomic mass is 16.2. The number of piperazine rings is 1. The van der Waals surface area contributed by atoms with Crippen LogP contribution in [0.2, 0.25) is 0 Å². The summed E-state index contributed by atoms with van der Waals surface area (Å²) >= 11 is 0. The van der Waals surface area contributed by atoms with Crippen LogP contribution in [0.15, 0.2) is 36.4 Å². The first-order chi connectivity index (χ1) is 14.0. The lowest BCUT2D eigenvalue weighted by atomic mass is 10.1. The van der Waals surface area contributed by atoms with E-state index in [1.807, 2.05) is 12.1 Å². The molecule has 3 rings (SSSR count). The standard InChI is InChI=1S/C21H28N6O2/c1-15(2)9-10-23-20(28)18-7-8-19(25-24-18)26-11-13-27(14-12-26)21(29)16-5-3-4-6-17(16)22/h3-8,15H,9-14,22H2,1-2H3,(H,23,28). The zero-order chi connectivity index (χ0) is 20.8. The van der Waals surface area contributed by atoms with Crippen LogP contribution in [0.4, 0.5) is 11.5 Å². The largest absolute Gasteiger partial charge is 0.398 e. The third-order valence-corrected chi connectivity index (χ3v) is 4.97. The fraction of sp³-hybridized carbons (Fsp3) is 0.429. The molecule has 0 radical (unpaired) electrons. The van der Waals surface area contributed by atoms with E-state index in [4.69, 9.17) is 5.73 Å². The predicted octanol–water partition coefficient (Wildman–Crippen LogP) is 1.80. The van der Waals surface area contributed by atoms with Crippen LogP contribution < -0.4 is 16.0 Å². The molecule has 1 aromatic heterocycles. The molecule has 29 heavy (non-hydrogen) atoms. The third-order valence-electron chi connectivity index (χ3n) is 4.97. The highest BCUT2D eigenvalue weighted by Crippen LogP contribution is 2.17. The number of hydrogen-bond acceptors (Lipinski definition) is 6. The lowest BCUT2D eigenvalue weighted by Gasteiger charge is -2.35. The van der Waals surface area contributed by atoms with Crippen molar-refractivity contribution in [3.05, 3.63) is 47.7 Å². The number of nitrogens with zero attached hydrogens (tertiary/aromatic N) is 4. The summed E-state index contributed by atoms with van der Waals surface area (Å²) < 4.78 is 0. The van der Waals surface area contributed by atoms with Crippen molar-refractivity contribution in [1.82, 2.24) is 20.4 Å². The van der Waals surface area contributed by atoms with Crippen molar-refractivity contribution < 1.29 is 9.59 Å². The predicted molar refractivity (Wildman–Crippen MR) is 113 cm³/mol. The average Bonchev–Trinajstić information content (AvgIpc) is 2.73. The van der Waals surface area contributed by atoms with Crippen LogP contribution in [0.5, 0.6) is 0 Å². The minimum atomic E-state index is -0.208. The minimum Gasteiger partial charge on any atom is -0.398 e. The second-order valence-corrected chi connectivity index (χ2v) is 7.58. The first-order valence-electron chi connectivity index (χ1n) is 9.96. The van der Waals surface area contributed by atoms with Crippen molar-refractivity contribution >= 4 is 23.3 Å². The summed E-state index contributed by atoms with van der Waals surface area (Å²) in [6.45, 7) is 7.30. The van der Waals surface area contributed by atoms with Crippen LogP contribution in [0, 0.1) is 5.92 Å². The van der Waals surface area contributed by atoms with Gasteiger partial charge in [-0.05, 0) is 36.6 Å². The van der Waals surface area contributed by atoms with Crippen LogP contribution >= 0.6 is 0 Å². The number of anilines is 2. The van der Waals surface area contributed by atoms with Gasteiger partial charge in [0.05, 0.1) is 5.56 Å². The Kier molecular flexibility index (Phi) is 6.64. The fourth-order valence-electron chi connectivity index (χ4n) is 3.18. The second kappa shape index (κ2) is 9.36. The number of nitrogen functional groups attached to an aromatic ring is 1. The van der Waals surface area contributed by atoms with E-state index < -0.39 is 0 Å². The Morgan fingerprint density at radius 2 is 1.79 bits per heavy atom. The molecule has 0 saturated carbocycles. The van der Waals surface area contributed by atoms with Crippen molar-refractivity contribution in [2.24, 2.45) is 5.92 Å². The molecule has 2 heterocycles. The number of hydrogen-bond donors (Lipinski definition) is 2. The van der Waals surface area contributed by atoms with Gasteiger partial charge in [-0.1, -0.05) is 26.0 Å². The molecule has 1 fully saturated rings. The Labute approximate surface area is 171 Å². The molecule has 3 N–H and O–H groups in total. The fourth-order valence-corrected chi connectivity index (χ4v) is 3.18. The first-order valence-corrected chi connectivity index (χ1v) is 9.96. The van der Waals surface area contributed by atoms with E-state index in [0.717, 1.165) is 6.42 Å². The molecule has 2 amide bonds. The Morgan fingerprint density at radius 1 is 1.07 bits per heavy atom. The zero-order valence-electron chi connectivity index (χ0n) is 17.0. The topological polar surface area (TPSA) is 104 Å². The van der Waals surface area contributed by atoms with Gasteiger partial charge in [0.2, 0.25) is 0 Å². The van der Waals surface area contributed by atoms with Gasteiger partial charge in [-0.15, -0.1) is 10.2 Å². The molecule has 2 aromatic rings. The van der Waals surface area contributed by atoms with Crippen LogP contribution in [0.3, 0.4) is 0 Å². The lowest BCUT2D eigenvalue weighted by molar-refractivity contribution is 0.0747. The molecule has 1 aromatic carbocycles. The van der Waals surface area contributed by atoms with E-state index in [1.165, 1.54) is 0 Å². The summed E-state index contributed by atoms with van der Waals surface area (Å²) in [4.78, 5) is 28.6. The molecule has 0 unspecified atom stereocenters. The summed E-state index contributed by atoms with van der Waals surface area (Å²) in [5, 5.41) is 11.1. The Balaban J connectivity index is 1.54. The number of amides is 2. The van der Waals surface area contributed by atoms with Crippen LogP contribution in [-0.4, -0.2) is 59.6 Å². The quantitative estimate of drug-likeness (QED) is 0.722. The Morgan fingerprint density at radius 3 is 2.41 bits per heavy atom. The average molecular weight is 396 g/mol. The van der Waals surface area contributed by atoms with E-state index >= 15 is 0 Å². The van der Waals surface area contributed by atoms with Crippen molar-refractivity contribution in [3.8, 4) is 0 Å². The number of carbonyl (C=O) groups excluding carboxylic acids is 2. The Bertz CT molecular complexity index is 845. The van der Waals surface area contributed by atoms with E-state index in [-0.39, 0.29) is 11.8 Å². The van der Waals surface area contributed by atoms with Gasteiger partial charge < -0.3 is 20.9 Å². The van der Waals surface area contributed by atoms with Crippen molar-refractivity contribution in [1.29, 1.82) is 0 Å². The monoisotopic (exact) mass is 396 g/mol. The first kappa shape index (κ1) is 20.6.